The van der Waals surface area contributed by atoms with Gasteiger partial charge in [-0.1, -0.05) is 24.3 Å². The summed E-state index contributed by atoms with van der Waals surface area (Å²) >= 11 is 1.70. The van der Waals surface area contributed by atoms with Gasteiger partial charge >= 0.3 is 0 Å². The summed E-state index contributed by atoms with van der Waals surface area (Å²) in [7, 11) is 0. The van der Waals surface area contributed by atoms with Crippen molar-refractivity contribution in [2.45, 2.75) is 19.5 Å². The lowest BCUT2D eigenvalue weighted by molar-refractivity contribution is -0.120. The molecule has 8 nitrogen and oxygen atoms in total. The third-order valence-electron chi connectivity index (χ3n) is 5.12. The molecule has 0 unspecified atom stereocenters. The minimum absolute atomic E-state index is 0.0193. The third kappa shape index (κ3) is 4.13. The fraction of sp³-hybridized carbons (Fsp3) is 0.182. The van der Waals surface area contributed by atoms with Crippen LogP contribution in [0.4, 0.5) is 5.82 Å². The van der Waals surface area contributed by atoms with Gasteiger partial charge in [0.05, 0.1) is 31.1 Å². The summed E-state index contributed by atoms with van der Waals surface area (Å²) in [6, 6.07) is 12.1. The van der Waals surface area contributed by atoms with Gasteiger partial charge in [-0.15, -0.1) is 11.3 Å². The minimum Gasteiger partial charge on any atom is -0.364 e. The number of amides is 1. The van der Waals surface area contributed by atoms with Crippen LogP contribution in [-0.2, 0) is 24.3 Å². The van der Waals surface area contributed by atoms with Crippen LogP contribution in [0.2, 0.25) is 0 Å². The van der Waals surface area contributed by atoms with Gasteiger partial charge in [-0.05, 0) is 23.1 Å². The number of hydrogen-bond acceptors (Lipinski definition) is 6. The van der Waals surface area contributed by atoms with Gasteiger partial charge in [0, 0.05) is 28.5 Å². The van der Waals surface area contributed by atoms with Gasteiger partial charge in [0.15, 0.2) is 5.65 Å². The van der Waals surface area contributed by atoms with Crippen molar-refractivity contribution in [2.24, 2.45) is 0 Å². The third-order valence-corrected chi connectivity index (χ3v) is 5.99. The molecule has 1 amide bonds. The lowest BCUT2D eigenvalue weighted by Gasteiger charge is -2.07. The molecule has 4 aromatic heterocycles. The molecule has 0 atom stereocenters. The van der Waals surface area contributed by atoms with Crippen molar-refractivity contribution in [1.82, 2.24) is 30.0 Å². The predicted octanol–water partition coefficient (Wildman–Crippen LogP) is 3.34. The smallest absolute Gasteiger partial charge is 0.224 e. The first kappa shape index (κ1) is 19.3. The van der Waals surface area contributed by atoms with E-state index >= 15 is 0 Å². The highest BCUT2D eigenvalue weighted by Crippen LogP contribution is 2.20. The number of H-pyrrole nitrogens is 1. The Balaban J connectivity index is 1.20. The number of carbonyl (C=O) groups excluding carboxylic acids is 1. The number of aromatic nitrogens is 5. The van der Waals surface area contributed by atoms with E-state index in [4.69, 9.17) is 0 Å². The first-order valence-electron chi connectivity index (χ1n) is 10.0. The Kier molecular flexibility index (Phi) is 5.32. The normalized spacial score (nSPS) is 11.2. The van der Waals surface area contributed by atoms with E-state index in [1.54, 1.807) is 22.2 Å². The predicted molar refractivity (Wildman–Crippen MR) is 122 cm³/mol. The number of carbonyl (C=O) groups is 1. The molecular formula is C22H21N7OS. The molecule has 0 fully saturated rings. The first-order chi connectivity index (χ1) is 15.3. The van der Waals surface area contributed by atoms with Gasteiger partial charge in [0.1, 0.15) is 12.1 Å². The van der Waals surface area contributed by atoms with Crippen LogP contribution in [0.5, 0.6) is 0 Å². The highest BCUT2D eigenvalue weighted by molar-refractivity contribution is 7.09. The lowest BCUT2D eigenvalue weighted by atomic mass is 10.1. The zero-order valence-electron chi connectivity index (χ0n) is 16.7. The van der Waals surface area contributed by atoms with Crippen molar-refractivity contribution >= 4 is 45.0 Å². The summed E-state index contributed by atoms with van der Waals surface area (Å²) in [6.07, 6.45) is 5.53. The number of aromatic amines is 1. The number of nitrogens with one attached hydrogen (secondary N) is 3. The summed E-state index contributed by atoms with van der Waals surface area (Å²) in [6.45, 7) is 1.71. The summed E-state index contributed by atoms with van der Waals surface area (Å²) in [4.78, 5) is 25.6. The van der Waals surface area contributed by atoms with Crippen LogP contribution in [0.15, 0.2) is 60.5 Å². The topological polar surface area (TPSA) is 101 Å². The molecule has 0 aliphatic heterocycles. The highest BCUT2D eigenvalue weighted by atomic mass is 32.1. The van der Waals surface area contributed by atoms with Crippen LogP contribution in [0.1, 0.15) is 10.4 Å². The Morgan fingerprint density at radius 2 is 2.06 bits per heavy atom. The van der Waals surface area contributed by atoms with Crippen molar-refractivity contribution in [2.75, 3.05) is 11.9 Å². The second kappa shape index (κ2) is 8.57. The Hall–Kier alpha value is -3.72. The molecule has 4 heterocycles. The number of para-hydroxylation sites is 1. The van der Waals surface area contributed by atoms with Crippen molar-refractivity contribution in [3.05, 3.63) is 70.9 Å². The molecule has 5 rings (SSSR count). The quantitative estimate of drug-likeness (QED) is 0.350. The molecule has 156 valence electrons. The van der Waals surface area contributed by atoms with E-state index in [1.165, 1.54) is 11.2 Å². The zero-order chi connectivity index (χ0) is 21.0. The molecule has 0 saturated heterocycles. The molecule has 5 aromatic rings. The van der Waals surface area contributed by atoms with Crippen LogP contribution >= 0.6 is 11.3 Å². The minimum atomic E-state index is -0.0193. The largest absolute Gasteiger partial charge is 0.364 e. The zero-order valence-corrected chi connectivity index (χ0v) is 17.5. The average Bonchev–Trinajstić information content (AvgIpc) is 3.53. The van der Waals surface area contributed by atoms with Gasteiger partial charge in [-0.25, -0.2) is 14.6 Å². The first-order valence-corrected chi connectivity index (χ1v) is 10.9. The van der Waals surface area contributed by atoms with Crippen LogP contribution in [0.25, 0.3) is 21.9 Å². The van der Waals surface area contributed by atoms with E-state index in [-0.39, 0.29) is 5.91 Å². The van der Waals surface area contributed by atoms with Crippen molar-refractivity contribution in [3.63, 3.8) is 0 Å². The Morgan fingerprint density at radius 3 is 2.97 bits per heavy atom. The SMILES string of the molecule is O=C(Cc1c[nH]c2ccccc12)NCCn1ncc2c(NCc3cccs3)ncnc21. The van der Waals surface area contributed by atoms with E-state index in [9.17, 15) is 4.79 Å². The standard InChI is InChI=1S/C22H21N7OS/c30-20(10-15-11-24-19-6-2-1-5-17(15)19)23-7-8-29-22-18(13-28-29)21(26-14-27-22)25-12-16-4-3-9-31-16/h1-6,9,11,13-14,24H,7-8,10,12H2,(H,23,30)(H,25,26,27). The van der Waals surface area contributed by atoms with Gasteiger partial charge < -0.3 is 15.6 Å². The van der Waals surface area contributed by atoms with E-state index in [2.05, 4.69) is 42.1 Å². The van der Waals surface area contributed by atoms with Crippen LogP contribution in [0.3, 0.4) is 0 Å². The number of thiophene rings is 1. The van der Waals surface area contributed by atoms with Crippen molar-refractivity contribution in [1.29, 1.82) is 0 Å². The van der Waals surface area contributed by atoms with Gasteiger partial charge in [0.25, 0.3) is 0 Å². The molecule has 31 heavy (non-hydrogen) atoms. The van der Waals surface area contributed by atoms with E-state index in [1.807, 2.05) is 36.5 Å². The van der Waals surface area contributed by atoms with Crippen molar-refractivity contribution in [3.8, 4) is 0 Å². The van der Waals surface area contributed by atoms with E-state index < -0.39 is 0 Å². The lowest BCUT2D eigenvalue weighted by Crippen LogP contribution is -2.28. The van der Waals surface area contributed by atoms with Gasteiger partial charge in [-0.3, -0.25) is 4.79 Å². The number of anilines is 1. The molecular weight excluding hydrogens is 410 g/mol. The second-order valence-electron chi connectivity index (χ2n) is 7.15. The van der Waals surface area contributed by atoms with Crippen LogP contribution in [0, 0.1) is 0 Å². The number of fused-ring (bicyclic) bond motifs is 2. The van der Waals surface area contributed by atoms with E-state index in [0.717, 1.165) is 33.3 Å². The summed E-state index contributed by atoms with van der Waals surface area (Å²) in [5, 5.41) is 14.8. The Labute approximate surface area is 182 Å². The summed E-state index contributed by atoms with van der Waals surface area (Å²) in [5.41, 5.74) is 2.78. The molecule has 0 aliphatic rings. The molecule has 0 radical (unpaired) electrons. The van der Waals surface area contributed by atoms with Gasteiger partial charge in [-0.2, -0.15) is 5.10 Å². The summed E-state index contributed by atoms with van der Waals surface area (Å²) in [5.74, 6) is 0.738. The highest BCUT2D eigenvalue weighted by Gasteiger charge is 2.11. The van der Waals surface area contributed by atoms with Gasteiger partial charge in [0.2, 0.25) is 5.91 Å². The maximum atomic E-state index is 12.4. The molecule has 1 aromatic carbocycles. The van der Waals surface area contributed by atoms with E-state index in [0.29, 0.717) is 26.1 Å². The Bertz CT molecular complexity index is 1320. The molecule has 0 aliphatic carbocycles. The number of rotatable bonds is 8. The maximum Gasteiger partial charge on any atom is 0.224 e. The number of benzene rings is 1. The summed E-state index contributed by atoms with van der Waals surface area (Å²) < 4.78 is 1.79. The van der Waals surface area contributed by atoms with Crippen LogP contribution in [-0.4, -0.2) is 37.2 Å². The molecule has 0 bridgehead atoms. The molecule has 0 saturated carbocycles. The fourth-order valence-corrected chi connectivity index (χ4v) is 4.24. The average molecular weight is 432 g/mol. The number of nitrogens with zero attached hydrogens (tertiary/aromatic N) is 4. The second-order valence-corrected chi connectivity index (χ2v) is 8.18. The molecule has 9 heteroatoms. The monoisotopic (exact) mass is 431 g/mol. The number of hydrogen-bond donors (Lipinski definition) is 3. The maximum absolute atomic E-state index is 12.4. The van der Waals surface area contributed by atoms with Crippen molar-refractivity contribution < 1.29 is 4.79 Å². The fourth-order valence-electron chi connectivity index (χ4n) is 3.60. The van der Waals surface area contributed by atoms with Crippen LogP contribution < -0.4 is 10.6 Å². The molecule has 3 N–H and O–H groups in total. The molecule has 0 spiro atoms. The Morgan fingerprint density at radius 1 is 1.13 bits per heavy atom.